The van der Waals surface area contributed by atoms with Gasteiger partial charge in [0, 0.05) is 18.8 Å². The second-order valence-electron chi connectivity index (χ2n) is 4.07. The maximum Gasteiger partial charge on any atom is 0.320 e. The Kier molecular flexibility index (Phi) is 5.15. The number of nitrogens with zero attached hydrogens (tertiary/aromatic N) is 1. The van der Waals surface area contributed by atoms with E-state index in [2.05, 4.69) is 11.2 Å². The molecular weight excluding hydrogens is 248 g/mol. The van der Waals surface area contributed by atoms with Gasteiger partial charge in [0.05, 0.1) is 12.2 Å². The van der Waals surface area contributed by atoms with Crippen LogP contribution < -0.4 is 10.7 Å². The van der Waals surface area contributed by atoms with Crippen molar-refractivity contribution < 1.29 is 15.0 Å². The summed E-state index contributed by atoms with van der Waals surface area (Å²) in [4.78, 5) is 22.2. The highest BCUT2D eigenvalue weighted by Crippen LogP contribution is 2.10. The SMILES string of the molecule is C#CCN[C@H](CCn1ccc(=O)c(O)c1C)C(=O)O. The number of carboxylic acids is 1. The molecule has 0 aliphatic carbocycles. The topological polar surface area (TPSA) is 91.6 Å². The Morgan fingerprint density at radius 1 is 1.63 bits per heavy atom. The van der Waals surface area contributed by atoms with E-state index in [4.69, 9.17) is 11.5 Å². The molecule has 1 atom stereocenters. The Morgan fingerprint density at radius 2 is 2.32 bits per heavy atom. The molecule has 6 heteroatoms. The molecule has 0 saturated carbocycles. The molecule has 1 aromatic heterocycles. The van der Waals surface area contributed by atoms with Gasteiger partial charge in [-0.05, 0) is 13.3 Å². The summed E-state index contributed by atoms with van der Waals surface area (Å²) < 4.78 is 1.63. The predicted octanol–water partition coefficient (Wildman–Crippen LogP) is -0.0716. The van der Waals surface area contributed by atoms with Gasteiger partial charge in [-0.2, -0.15) is 0 Å². The molecule has 0 fully saturated rings. The number of terminal acetylenes is 1. The Bertz CT molecular complexity index is 557. The average molecular weight is 264 g/mol. The predicted molar refractivity (Wildman–Crippen MR) is 70.0 cm³/mol. The minimum absolute atomic E-state index is 0.172. The molecule has 3 N–H and O–H groups in total. The summed E-state index contributed by atoms with van der Waals surface area (Å²) in [5, 5.41) is 21.2. The van der Waals surface area contributed by atoms with Gasteiger partial charge >= 0.3 is 5.97 Å². The standard InChI is InChI=1S/C13H16N2O4/c1-3-6-14-10(13(18)19)4-7-15-8-5-11(16)12(17)9(15)2/h1,5,8,10,14,17H,4,6-7H2,2H3,(H,18,19)/t10-/m1/s1. The van der Waals surface area contributed by atoms with Crippen LogP contribution in [-0.4, -0.2) is 33.3 Å². The average Bonchev–Trinajstić information content (AvgIpc) is 2.38. The quantitative estimate of drug-likeness (QED) is 0.625. The number of hydrogen-bond acceptors (Lipinski definition) is 4. The monoisotopic (exact) mass is 264 g/mol. The first-order chi connectivity index (χ1) is 8.97. The molecule has 0 amide bonds. The maximum atomic E-state index is 11.2. The molecular formula is C13H16N2O4. The number of hydrogen-bond donors (Lipinski definition) is 3. The van der Waals surface area contributed by atoms with Gasteiger partial charge in [-0.25, -0.2) is 0 Å². The third-order valence-corrected chi connectivity index (χ3v) is 2.82. The zero-order valence-electron chi connectivity index (χ0n) is 10.6. The number of carboxylic acid groups (broad SMARTS) is 1. The number of aryl methyl sites for hydroxylation is 1. The lowest BCUT2D eigenvalue weighted by Crippen LogP contribution is -2.37. The minimum atomic E-state index is -0.988. The van der Waals surface area contributed by atoms with Crippen molar-refractivity contribution in [2.24, 2.45) is 0 Å². The fourth-order valence-corrected chi connectivity index (χ4v) is 1.67. The molecule has 1 aromatic rings. The Hall–Kier alpha value is -2.26. The molecule has 19 heavy (non-hydrogen) atoms. The highest BCUT2D eigenvalue weighted by Gasteiger charge is 2.16. The van der Waals surface area contributed by atoms with Gasteiger partial charge < -0.3 is 14.8 Å². The van der Waals surface area contributed by atoms with E-state index < -0.39 is 17.4 Å². The Balaban J connectivity index is 2.75. The third-order valence-electron chi connectivity index (χ3n) is 2.82. The van der Waals surface area contributed by atoms with Gasteiger partial charge in [-0.3, -0.25) is 14.9 Å². The second kappa shape index (κ2) is 6.61. The van der Waals surface area contributed by atoms with Crippen LogP contribution in [0.25, 0.3) is 0 Å². The molecule has 0 aliphatic heterocycles. The van der Waals surface area contributed by atoms with E-state index in [0.717, 1.165) is 0 Å². The largest absolute Gasteiger partial charge is 0.503 e. The summed E-state index contributed by atoms with van der Waals surface area (Å²) in [6.45, 7) is 2.13. The third kappa shape index (κ3) is 3.86. The van der Waals surface area contributed by atoms with Crippen molar-refractivity contribution in [3.05, 3.63) is 28.2 Å². The fourth-order valence-electron chi connectivity index (χ4n) is 1.67. The number of pyridine rings is 1. The molecule has 0 aromatic carbocycles. The van der Waals surface area contributed by atoms with Crippen molar-refractivity contribution in [2.75, 3.05) is 6.54 Å². The first-order valence-corrected chi connectivity index (χ1v) is 5.76. The molecule has 0 spiro atoms. The van der Waals surface area contributed by atoms with Crippen LogP contribution in [-0.2, 0) is 11.3 Å². The van der Waals surface area contributed by atoms with Gasteiger partial charge in [0.15, 0.2) is 5.75 Å². The molecule has 102 valence electrons. The van der Waals surface area contributed by atoms with Crippen molar-refractivity contribution in [3.8, 4) is 18.1 Å². The first kappa shape index (κ1) is 14.8. The number of aromatic hydroxyl groups is 1. The molecule has 6 nitrogen and oxygen atoms in total. The summed E-state index contributed by atoms with van der Waals surface area (Å²) in [6, 6.07) is 0.476. The van der Waals surface area contributed by atoms with Crippen molar-refractivity contribution >= 4 is 5.97 Å². The summed E-state index contributed by atoms with van der Waals surface area (Å²) in [5.41, 5.74) is -0.0393. The number of nitrogens with one attached hydrogen (secondary N) is 1. The number of aliphatic carboxylic acids is 1. The summed E-state index contributed by atoms with van der Waals surface area (Å²) >= 11 is 0. The number of rotatable bonds is 6. The maximum absolute atomic E-state index is 11.2. The van der Waals surface area contributed by atoms with Crippen LogP contribution in [0, 0.1) is 19.3 Å². The van der Waals surface area contributed by atoms with Crippen LogP contribution in [0.15, 0.2) is 17.1 Å². The second-order valence-corrected chi connectivity index (χ2v) is 4.07. The minimum Gasteiger partial charge on any atom is -0.503 e. The van der Waals surface area contributed by atoms with Crippen molar-refractivity contribution in [3.63, 3.8) is 0 Å². The van der Waals surface area contributed by atoms with Gasteiger partial charge in [0.25, 0.3) is 0 Å². The summed E-state index contributed by atoms with van der Waals surface area (Å²) in [6.07, 6.45) is 6.88. The molecule has 0 saturated heterocycles. The van der Waals surface area contributed by atoms with E-state index in [0.29, 0.717) is 18.7 Å². The van der Waals surface area contributed by atoms with E-state index in [1.54, 1.807) is 11.5 Å². The molecule has 1 heterocycles. The van der Waals surface area contributed by atoms with Crippen molar-refractivity contribution in [1.82, 2.24) is 9.88 Å². The van der Waals surface area contributed by atoms with Gasteiger partial charge in [0.1, 0.15) is 6.04 Å². The van der Waals surface area contributed by atoms with E-state index in [9.17, 15) is 14.7 Å². The van der Waals surface area contributed by atoms with Crippen LogP contribution in [0.1, 0.15) is 12.1 Å². The lowest BCUT2D eigenvalue weighted by Gasteiger charge is -2.16. The zero-order chi connectivity index (χ0) is 14.4. The van der Waals surface area contributed by atoms with E-state index in [-0.39, 0.29) is 12.3 Å². The fraction of sp³-hybridized carbons (Fsp3) is 0.385. The number of carbonyl (C=O) groups is 1. The Morgan fingerprint density at radius 3 is 2.89 bits per heavy atom. The first-order valence-electron chi connectivity index (χ1n) is 5.76. The van der Waals surface area contributed by atoms with E-state index in [1.807, 2.05) is 0 Å². The van der Waals surface area contributed by atoms with E-state index >= 15 is 0 Å². The highest BCUT2D eigenvalue weighted by atomic mass is 16.4. The highest BCUT2D eigenvalue weighted by molar-refractivity contribution is 5.73. The molecule has 0 radical (unpaired) electrons. The van der Waals surface area contributed by atoms with Crippen LogP contribution in [0.4, 0.5) is 0 Å². The van der Waals surface area contributed by atoms with Crippen molar-refractivity contribution in [2.45, 2.75) is 25.9 Å². The summed E-state index contributed by atoms with van der Waals surface area (Å²) in [5.74, 6) is 1.01. The molecule has 0 unspecified atom stereocenters. The lowest BCUT2D eigenvalue weighted by atomic mass is 10.2. The normalized spacial score (nSPS) is 11.8. The molecule has 0 bridgehead atoms. The van der Waals surface area contributed by atoms with Crippen LogP contribution in [0.2, 0.25) is 0 Å². The number of aromatic nitrogens is 1. The smallest absolute Gasteiger partial charge is 0.320 e. The van der Waals surface area contributed by atoms with Gasteiger partial charge in [-0.1, -0.05) is 5.92 Å². The molecule has 1 rings (SSSR count). The lowest BCUT2D eigenvalue weighted by molar-refractivity contribution is -0.139. The van der Waals surface area contributed by atoms with Crippen molar-refractivity contribution in [1.29, 1.82) is 0 Å². The van der Waals surface area contributed by atoms with Gasteiger partial charge in [-0.15, -0.1) is 6.42 Å². The summed E-state index contributed by atoms with van der Waals surface area (Å²) in [7, 11) is 0. The Labute approximate surface area is 110 Å². The van der Waals surface area contributed by atoms with Crippen LogP contribution in [0.5, 0.6) is 5.75 Å². The van der Waals surface area contributed by atoms with E-state index in [1.165, 1.54) is 12.3 Å². The van der Waals surface area contributed by atoms with Crippen LogP contribution >= 0.6 is 0 Å². The molecule has 0 aliphatic rings. The zero-order valence-corrected chi connectivity index (χ0v) is 10.6. The van der Waals surface area contributed by atoms with Gasteiger partial charge in [0.2, 0.25) is 5.43 Å². The van der Waals surface area contributed by atoms with Crippen LogP contribution in [0.3, 0.4) is 0 Å².